The number of aromatic amines is 1. The first kappa shape index (κ1) is 37.2. The number of hydrogen-bond donors (Lipinski definition) is 7. The van der Waals surface area contributed by atoms with Gasteiger partial charge in [-0.3, -0.25) is 28.8 Å². The van der Waals surface area contributed by atoms with Gasteiger partial charge in [0.05, 0.1) is 6.42 Å². The molecule has 278 valence electrons. The topological polar surface area (TPSA) is 225 Å². The Morgan fingerprint density at radius 3 is 2.22 bits per heavy atom. The van der Waals surface area contributed by atoms with Gasteiger partial charge in [0.25, 0.3) is 5.91 Å². The Balaban J connectivity index is 1.22. The maximum Gasteiger partial charge on any atom is 0.305 e. The van der Waals surface area contributed by atoms with E-state index >= 15 is 0 Å². The smallest absolute Gasteiger partial charge is 0.305 e. The van der Waals surface area contributed by atoms with Crippen molar-refractivity contribution >= 4 is 74.5 Å². The van der Waals surface area contributed by atoms with E-state index in [1.807, 2.05) is 36.4 Å². The number of benzene rings is 4. The molecule has 0 fully saturated rings. The summed E-state index contributed by atoms with van der Waals surface area (Å²) in [5, 5.41) is 32.1. The predicted octanol–water partition coefficient (Wildman–Crippen LogP) is 3.99. The molecule has 6 rings (SSSR count). The van der Waals surface area contributed by atoms with Gasteiger partial charge in [0.1, 0.15) is 23.8 Å². The Morgan fingerprint density at radius 2 is 1.44 bits per heavy atom. The maximum atomic E-state index is 14.0. The van der Waals surface area contributed by atoms with Crippen molar-refractivity contribution in [1.29, 1.82) is 0 Å². The third kappa shape index (κ3) is 9.24. The van der Waals surface area contributed by atoms with Crippen molar-refractivity contribution in [1.82, 2.24) is 20.9 Å². The van der Waals surface area contributed by atoms with E-state index in [2.05, 4.69) is 26.3 Å². The van der Waals surface area contributed by atoms with Crippen LogP contribution < -0.4 is 30.7 Å². The molecule has 4 aromatic carbocycles. The minimum absolute atomic E-state index is 0.00809. The van der Waals surface area contributed by atoms with Crippen molar-refractivity contribution < 1.29 is 48.5 Å². The number of H-pyrrole nitrogens is 1. The van der Waals surface area contributed by atoms with Crippen molar-refractivity contribution in [3.63, 3.8) is 0 Å². The van der Waals surface area contributed by atoms with Crippen LogP contribution in [0.5, 0.6) is 11.5 Å². The number of carboxylic acid groups (broad SMARTS) is 2. The second kappa shape index (κ2) is 16.4. The van der Waals surface area contributed by atoms with Gasteiger partial charge in [0.15, 0.2) is 11.5 Å². The van der Waals surface area contributed by atoms with Crippen LogP contribution in [0.15, 0.2) is 84.9 Å². The molecule has 0 bridgehead atoms. The second-order valence-electron chi connectivity index (χ2n) is 12.5. The molecule has 54 heavy (non-hydrogen) atoms. The van der Waals surface area contributed by atoms with Crippen LogP contribution in [0, 0.1) is 0 Å². The third-order valence-electron chi connectivity index (χ3n) is 8.63. The molecule has 7 N–H and O–H groups in total. The average molecular weight is 756 g/mol. The minimum atomic E-state index is -1.73. The SMILES string of the molecule is O=C(O)CC[C@H](NC(=O)[C@H](CC(=O)O)NC(=O)[C@H](Cc1ccc2ccccc2c1)NC(=O)c1cc2cc(Cl)ccc2[nH]1)C(=O)Nc1ccc2c(c1)OCO2. The van der Waals surface area contributed by atoms with Crippen molar-refractivity contribution in [3.05, 3.63) is 101 Å². The van der Waals surface area contributed by atoms with Crippen molar-refractivity contribution in [3.8, 4) is 11.5 Å². The summed E-state index contributed by atoms with van der Waals surface area (Å²) in [7, 11) is 0. The summed E-state index contributed by atoms with van der Waals surface area (Å²) < 4.78 is 10.6. The van der Waals surface area contributed by atoms with E-state index in [1.165, 1.54) is 12.1 Å². The molecule has 0 spiro atoms. The predicted molar refractivity (Wildman–Crippen MR) is 196 cm³/mol. The lowest BCUT2D eigenvalue weighted by Gasteiger charge is -2.25. The van der Waals surface area contributed by atoms with Crippen LogP contribution in [0.4, 0.5) is 5.69 Å². The molecule has 0 aliphatic carbocycles. The van der Waals surface area contributed by atoms with E-state index in [9.17, 15) is 39.0 Å². The zero-order chi connectivity index (χ0) is 38.4. The number of carbonyl (C=O) groups is 6. The van der Waals surface area contributed by atoms with Gasteiger partial charge in [-0.2, -0.15) is 0 Å². The maximum absolute atomic E-state index is 14.0. The van der Waals surface area contributed by atoms with Crippen LogP contribution in [0.1, 0.15) is 35.3 Å². The Morgan fingerprint density at radius 1 is 0.704 bits per heavy atom. The Kier molecular flexibility index (Phi) is 11.3. The van der Waals surface area contributed by atoms with Crippen molar-refractivity contribution in [2.75, 3.05) is 12.1 Å². The molecule has 2 heterocycles. The summed E-state index contributed by atoms with van der Waals surface area (Å²) >= 11 is 6.11. The fraction of sp³-hybridized carbons (Fsp3) is 0.211. The Bertz CT molecular complexity index is 2270. The van der Waals surface area contributed by atoms with Crippen LogP contribution in [-0.4, -0.2) is 75.7 Å². The highest BCUT2D eigenvalue weighted by molar-refractivity contribution is 6.31. The fourth-order valence-electron chi connectivity index (χ4n) is 5.94. The van der Waals surface area contributed by atoms with E-state index in [1.54, 1.807) is 36.4 Å². The number of carbonyl (C=O) groups excluding carboxylic acids is 4. The molecule has 15 nitrogen and oxygen atoms in total. The molecule has 0 radical (unpaired) electrons. The van der Waals surface area contributed by atoms with Gasteiger partial charge >= 0.3 is 11.9 Å². The van der Waals surface area contributed by atoms with Crippen LogP contribution in [0.25, 0.3) is 21.7 Å². The Labute approximate surface area is 312 Å². The number of halogens is 1. The number of nitrogens with one attached hydrogen (secondary N) is 5. The second-order valence-corrected chi connectivity index (χ2v) is 13.0. The lowest BCUT2D eigenvalue weighted by Crippen LogP contribution is -2.57. The summed E-state index contributed by atoms with van der Waals surface area (Å²) in [6.45, 7) is -0.00809. The summed E-state index contributed by atoms with van der Waals surface area (Å²) in [4.78, 5) is 80.8. The van der Waals surface area contributed by atoms with Gasteiger partial charge in [-0.15, -0.1) is 0 Å². The summed E-state index contributed by atoms with van der Waals surface area (Å²) in [5.41, 5.74) is 1.67. The van der Waals surface area contributed by atoms with Gasteiger partial charge in [0.2, 0.25) is 24.5 Å². The first-order chi connectivity index (χ1) is 25.9. The molecule has 0 saturated heterocycles. The van der Waals surface area contributed by atoms with E-state index in [4.69, 9.17) is 21.1 Å². The number of aliphatic carboxylic acids is 2. The quantitative estimate of drug-likeness (QED) is 0.0813. The van der Waals surface area contributed by atoms with Crippen LogP contribution in [-0.2, 0) is 30.4 Å². The standard InChI is InChI=1S/C38H34ClN5O10/c39-24-7-9-26-23(15-24)16-29(41-26)37(51)43-28(14-20-5-6-21-3-1-2-4-22(21)13-20)36(50)44-30(18-34(47)48)38(52)42-27(10-12-33(45)46)35(49)40-25-8-11-31-32(17-25)54-19-53-31/h1-9,11,13,15-17,27-28,30,41H,10,12,14,18-19H2,(H,40,49)(H,42,52)(H,43,51)(H,44,50)(H,45,46)(H,47,48)/t27-,28-,30-/m0/s1. The molecule has 5 aromatic rings. The molecular formula is C38H34ClN5O10. The highest BCUT2D eigenvalue weighted by Gasteiger charge is 2.32. The lowest BCUT2D eigenvalue weighted by molar-refractivity contribution is -0.141. The van der Waals surface area contributed by atoms with Gasteiger partial charge in [0, 0.05) is 40.5 Å². The van der Waals surface area contributed by atoms with Crippen molar-refractivity contribution in [2.24, 2.45) is 0 Å². The summed E-state index contributed by atoms with van der Waals surface area (Å²) in [6.07, 6.45) is -1.82. The highest BCUT2D eigenvalue weighted by atomic mass is 35.5. The largest absolute Gasteiger partial charge is 0.481 e. The number of ether oxygens (including phenoxy) is 2. The number of rotatable bonds is 15. The van der Waals surface area contributed by atoms with Gasteiger partial charge in [-0.25, -0.2) is 0 Å². The van der Waals surface area contributed by atoms with Gasteiger partial charge < -0.3 is 45.9 Å². The highest BCUT2D eigenvalue weighted by Crippen LogP contribution is 2.34. The number of carboxylic acids is 2. The van der Waals surface area contributed by atoms with Crippen LogP contribution in [0.3, 0.4) is 0 Å². The molecule has 1 aromatic heterocycles. The van der Waals surface area contributed by atoms with E-state index < -0.39 is 66.5 Å². The molecule has 0 unspecified atom stereocenters. The molecule has 1 aliphatic heterocycles. The first-order valence-electron chi connectivity index (χ1n) is 16.7. The van der Waals surface area contributed by atoms with E-state index in [-0.39, 0.29) is 31.0 Å². The minimum Gasteiger partial charge on any atom is -0.481 e. The number of aromatic nitrogens is 1. The molecule has 3 atom stereocenters. The number of anilines is 1. The number of amides is 4. The zero-order valence-electron chi connectivity index (χ0n) is 28.4. The van der Waals surface area contributed by atoms with Crippen LogP contribution in [0.2, 0.25) is 5.02 Å². The van der Waals surface area contributed by atoms with Gasteiger partial charge in [-0.1, -0.05) is 54.1 Å². The number of hydrogen-bond acceptors (Lipinski definition) is 8. The molecule has 0 saturated carbocycles. The van der Waals surface area contributed by atoms with Gasteiger partial charge in [-0.05, 0) is 59.2 Å². The average Bonchev–Trinajstić information content (AvgIpc) is 3.79. The molecular weight excluding hydrogens is 722 g/mol. The fourth-order valence-corrected chi connectivity index (χ4v) is 6.12. The zero-order valence-corrected chi connectivity index (χ0v) is 29.1. The van der Waals surface area contributed by atoms with Crippen LogP contribution >= 0.6 is 11.6 Å². The normalized spacial score (nSPS) is 13.4. The van der Waals surface area contributed by atoms with Crippen molar-refractivity contribution in [2.45, 2.75) is 43.8 Å². The first-order valence-corrected chi connectivity index (χ1v) is 17.1. The molecule has 16 heteroatoms. The van der Waals surface area contributed by atoms with E-state index in [0.717, 1.165) is 10.8 Å². The summed E-state index contributed by atoms with van der Waals surface area (Å²) in [5.74, 6) is -5.28. The third-order valence-corrected chi connectivity index (χ3v) is 8.87. The molecule has 1 aliphatic rings. The monoisotopic (exact) mass is 755 g/mol. The Hall–Kier alpha value is -6.61. The lowest BCUT2D eigenvalue weighted by atomic mass is 10.0. The summed E-state index contributed by atoms with van der Waals surface area (Å²) in [6, 6.07) is 19.7. The van der Waals surface area contributed by atoms with E-state index in [0.29, 0.717) is 33.0 Å². The molecule has 4 amide bonds. The number of fused-ring (bicyclic) bond motifs is 3.